The molecule has 0 heterocycles. The summed E-state index contributed by atoms with van der Waals surface area (Å²) in [5.41, 5.74) is 1.41. The molecule has 1 N–H and O–H groups in total. The average Bonchev–Trinajstić information content (AvgIpc) is 2.85. The van der Waals surface area contributed by atoms with Crippen LogP contribution in [0.25, 0.3) is 0 Å². The Labute approximate surface area is 123 Å². The van der Waals surface area contributed by atoms with E-state index in [1.165, 1.54) is 24.8 Å². The van der Waals surface area contributed by atoms with Gasteiger partial charge in [0.1, 0.15) is 0 Å². The third kappa shape index (κ3) is 3.75. The van der Waals surface area contributed by atoms with Gasteiger partial charge in [-0.25, -0.2) is 0 Å². The van der Waals surface area contributed by atoms with E-state index in [0.717, 1.165) is 16.1 Å². The lowest BCUT2D eigenvalue weighted by molar-refractivity contribution is 0.431. The molecule has 0 amide bonds. The lowest BCUT2D eigenvalue weighted by Crippen LogP contribution is -2.30. The number of nitrogens with one attached hydrogen (secondary N) is 1. The molecule has 0 aromatic heterocycles. The summed E-state index contributed by atoms with van der Waals surface area (Å²) in [7, 11) is 0. The molecule has 0 bridgehead atoms. The van der Waals surface area contributed by atoms with E-state index in [-0.39, 0.29) is 0 Å². The molecule has 100 valence electrons. The second-order valence-electron chi connectivity index (χ2n) is 5.05. The zero-order valence-electron chi connectivity index (χ0n) is 11.2. The van der Waals surface area contributed by atoms with Crippen LogP contribution in [0.3, 0.4) is 0 Å². The normalized spacial score (nSPS) is 25.3. The number of thioether (sulfide) groups is 1. The van der Waals surface area contributed by atoms with E-state index < -0.39 is 0 Å². The van der Waals surface area contributed by atoms with Gasteiger partial charge < -0.3 is 5.32 Å². The molecule has 3 unspecified atom stereocenters. The van der Waals surface area contributed by atoms with E-state index in [4.69, 9.17) is 0 Å². The minimum atomic E-state index is 0.503. The first-order valence-electron chi connectivity index (χ1n) is 6.77. The van der Waals surface area contributed by atoms with Crippen molar-refractivity contribution in [2.24, 2.45) is 0 Å². The Morgan fingerprint density at radius 1 is 1.33 bits per heavy atom. The maximum absolute atomic E-state index is 3.84. The Hall–Kier alpha value is 0.01000. The smallest absolute Gasteiger partial charge is 0.0320 e. The minimum Gasteiger partial charge on any atom is -0.307 e. The fraction of sp³-hybridized carbons (Fsp3) is 0.600. The predicted octanol–water partition coefficient (Wildman–Crippen LogP) is 4.77. The van der Waals surface area contributed by atoms with Gasteiger partial charge in [0.2, 0.25) is 0 Å². The quantitative estimate of drug-likeness (QED) is 0.835. The van der Waals surface area contributed by atoms with Crippen LogP contribution in [0, 0.1) is 0 Å². The van der Waals surface area contributed by atoms with Crippen LogP contribution in [-0.2, 0) is 0 Å². The number of hydrogen-bond acceptors (Lipinski definition) is 2. The molecule has 1 aromatic carbocycles. The summed E-state index contributed by atoms with van der Waals surface area (Å²) in [5, 5.41) is 4.70. The van der Waals surface area contributed by atoms with Gasteiger partial charge in [0.25, 0.3) is 0 Å². The highest BCUT2D eigenvalue weighted by Crippen LogP contribution is 2.30. The molecular weight excluding hydrogens is 306 g/mol. The highest BCUT2D eigenvalue weighted by molar-refractivity contribution is 9.10. The van der Waals surface area contributed by atoms with E-state index in [0.29, 0.717) is 12.1 Å². The van der Waals surface area contributed by atoms with Crippen molar-refractivity contribution in [1.29, 1.82) is 0 Å². The standard InChI is InChI=1S/C15H22BrNS/c1-3-15(11-4-6-12(16)7-5-11)17-13-8-9-14(10-13)18-2/h4-7,13-15,17H,3,8-10H2,1-2H3. The maximum atomic E-state index is 3.84. The highest BCUT2D eigenvalue weighted by Gasteiger charge is 2.25. The van der Waals surface area contributed by atoms with Gasteiger partial charge in [-0.05, 0) is 49.6 Å². The third-order valence-electron chi connectivity index (χ3n) is 3.84. The van der Waals surface area contributed by atoms with Crippen molar-refractivity contribution in [2.45, 2.75) is 49.9 Å². The first-order valence-corrected chi connectivity index (χ1v) is 8.85. The monoisotopic (exact) mass is 327 g/mol. The number of halogens is 1. The fourth-order valence-corrected chi connectivity index (χ4v) is 3.80. The topological polar surface area (TPSA) is 12.0 Å². The Bertz CT molecular complexity index is 365. The molecule has 18 heavy (non-hydrogen) atoms. The van der Waals surface area contributed by atoms with E-state index in [9.17, 15) is 0 Å². The summed E-state index contributed by atoms with van der Waals surface area (Å²) in [6.07, 6.45) is 7.42. The summed E-state index contributed by atoms with van der Waals surface area (Å²) in [6.45, 7) is 2.26. The van der Waals surface area contributed by atoms with Gasteiger partial charge in [0, 0.05) is 21.8 Å². The zero-order valence-corrected chi connectivity index (χ0v) is 13.6. The second kappa shape index (κ2) is 6.97. The molecule has 2 rings (SSSR count). The number of rotatable bonds is 5. The lowest BCUT2D eigenvalue weighted by atomic mass is 10.0. The van der Waals surface area contributed by atoms with Crippen molar-refractivity contribution < 1.29 is 0 Å². The van der Waals surface area contributed by atoms with Crippen molar-refractivity contribution in [2.75, 3.05) is 6.26 Å². The van der Waals surface area contributed by atoms with Crippen molar-refractivity contribution in [3.8, 4) is 0 Å². The molecule has 1 nitrogen and oxygen atoms in total. The molecule has 0 spiro atoms. The van der Waals surface area contributed by atoms with Crippen molar-refractivity contribution >= 4 is 27.7 Å². The van der Waals surface area contributed by atoms with Gasteiger partial charge in [0.05, 0.1) is 0 Å². The Balaban J connectivity index is 1.95. The van der Waals surface area contributed by atoms with Gasteiger partial charge in [-0.2, -0.15) is 11.8 Å². The highest BCUT2D eigenvalue weighted by atomic mass is 79.9. The minimum absolute atomic E-state index is 0.503. The van der Waals surface area contributed by atoms with Crippen molar-refractivity contribution in [3.63, 3.8) is 0 Å². The van der Waals surface area contributed by atoms with Crippen LogP contribution in [0.5, 0.6) is 0 Å². The largest absolute Gasteiger partial charge is 0.307 e. The summed E-state index contributed by atoms with van der Waals surface area (Å²) < 4.78 is 1.16. The van der Waals surface area contributed by atoms with Crippen LogP contribution in [0.2, 0.25) is 0 Å². The fourth-order valence-electron chi connectivity index (χ4n) is 2.73. The second-order valence-corrected chi connectivity index (χ2v) is 7.10. The lowest BCUT2D eigenvalue weighted by Gasteiger charge is -2.22. The molecule has 0 radical (unpaired) electrons. The van der Waals surface area contributed by atoms with Crippen LogP contribution in [-0.4, -0.2) is 17.5 Å². The van der Waals surface area contributed by atoms with E-state index >= 15 is 0 Å². The predicted molar refractivity (Wildman–Crippen MR) is 85.3 cm³/mol. The van der Waals surface area contributed by atoms with Crippen molar-refractivity contribution in [3.05, 3.63) is 34.3 Å². The Morgan fingerprint density at radius 3 is 2.61 bits per heavy atom. The molecule has 1 aliphatic carbocycles. The average molecular weight is 328 g/mol. The van der Waals surface area contributed by atoms with Crippen LogP contribution in [0.1, 0.15) is 44.2 Å². The summed E-state index contributed by atoms with van der Waals surface area (Å²) in [4.78, 5) is 0. The van der Waals surface area contributed by atoms with Crippen LogP contribution in [0.15, 0.2) is 28.7 Å². The van der Waals surface area contributed by atoms with Gasteiger partial charge in [0.15, 0.2) is 0 Å². The molecule has 1 fully saturated rings. The third-order valence-corrected chi connectivity index (χ3v) is 5.46. The summed E-state index contributed by atoms with van der Waals surface area (Å²) >= 11 is 5.52. The molecule has 1 saturated carbocycles. The van der Waals surface area contributed by atoms with E-state index in [2.05, 4.69) is 58.7 Å². The van der Waals surface area contributed by atoms with Gasteiger partial charge in [-0.1, -0.05) is 35.0 Å². The first kappa shape index (κ1) is 14.4. The maximum Gasteiger partial charge on any atom is 0.0320 e. The molecule has 0 aliphatic heterocycles. The number of benzene rings is 1. The van der Waals surface area contributed by atoms with Gasteiger partial charge in [-0.15, -0.1) is 0 Å². The van der Waals surface area contributed by atoms with Gasteiger partial charge >= 0.3 is 0 Å². The van der Waals surface area contributed by atoms with Crippen LogP contribution in [0.4, 0.5) is 0 Å². The zero-order chi connectivity index (χ0) is 13.0. The molecule has 3 heteroatoms. The SMILES string of the molecule is CCC(NC1CCC(SC)C1)c1ccc(Br)cc1. The molecular formula is C15H22BrNS. The molecule has 1 aromatic rings. The van der Waals surface area contributed by atoms with Crippen LogP contribution >= 0.6 is 27.7 Å². The van der Waals surface area contributed by atoms with Gasteiger partial charge in [-0.3, -0.25) is 0 Å². The number of hydrogen-bond donors (Lipinski definition) is 1. The van der Waals surface area contributed by atoms with Crippen molar-refractivity contribution in [1.82, 2.24) is 5.32 Å². The van der Waals surface area contributed by atoms with E-state index in [1.807, 2.05) is 11.8 Å². The first-order chi connectivity index (χ1) is 8.72. The molecule has 1 aliphatic rings. The van der Waals surface area contributed by atoms with Crippen LogP contribution < -0.4 is 5.32 Å². The van der Waals surface area contributed by atoms with E-state index in [1.54, 1.807) is 0 Å². The summed E-state index contributed by atoms with van der Waals surface area (Å²) in [5.74, 6) is 0. The molecule has 0 saturated heterocycles. The summed E-state index contributed by atoms with van der Waals surface area (Å²) in [6, 6.07) is 9.94. The molecule has 3 atom stereocenters. The Morgan fingerprint density at radius 2 is 2.06 bits per heavy atom. The Kier molecular flexibility index (Phi) is 5.58.